The number of ether oxygens (including phenoxy) is 2. The van der Waals surface area contributed by atoms with Crippen LogP contribution >= 0.6 is 0 Å². The van der Waals surface area contributed by atoms with Crippen molar-refractivity contribution in [2.24, 2.45) is 0 Å². The van der Waals surface area contributed by atoms with Crippen molar-refractivity contribution in [1.82, 2.24) is 14.7 Å². The topological polar surface area (TPSA) is 85.1 Å². The van der Waals surface area contributed by atoms with E-state index in [1.165, 1.54) is 6.08 Å². The number of hydrogen-bond donors (Lipinski definition) is 2. The summed E-state index contributed by atoms with van der Waals surface area (Å²) in [7, 11) is 3.13. The summed E-state index contributed by atoms with van der Waals surface area (Å²) in [6, 6.07) is 8.68. The normalized spacial score (nSPS) is 11.0. The average molecular weight is 353 g/mol. The molecule has 134 valence electrons. The van der Waals surface area contributed by atoms with E-state index in [2.05, 4.69) is 10.3 Å². The minimum Gasteiger partial charge on any atom is -0.504 e. The van der Waals surface area contributed by atoms with Crippen molar-refractivity contribution in [3.05, 3.63) is 60.1 Å². The molecule has 7 heteroatoms. The molecule has 1 aromatic carbocycles. The molecular weight excluding hydrogens is 334 g/mol. The number of nitrogens with zero attached hydrogens (tertiary/aromatic N) is 2. The van der Waals surface area contributed by atoms with Crippen molar-refractivity contribution >= 4 is 17.6 Å². The second-order valence-corrected chi connectivity index (χ2v) is 5.52. The van der Waals surface area contributed by atoms with Crippen LogP contribution in [0.15, 0.2) is 48.8 Å². The smallest absolute Gasteiger partial charge is 0.244 e. The number of carbonyl (C=O) groups excluding carboxylic acids is 1. The number of fused-ring (bicyclic) bond motifs is 1. The van der Waals surface area contributed by atoms with Crippen molar-refractivity contribution in [2.75, 3.05) is 14.2 Å². The van der Waals surface area contributed by atoms with E-state index in [-0.39, 0.29) is 18.2 Å². The quantitative estimate of drug-likeness (QED) is 0.665. The minimum atomic E-state index is -0.249. The van der Waals surface area contributed by atoms with Gasteiger partial charge in [0.2, 0.25) is 5.91 Å². The molecule has 3 aromatic rings. The van der Waals surface area contributed by atoms with E-state index < -0.39 is 0 Å². The van der Waals surface area contributed by atoms with Crippen LogP contribution in [0, 0.1) is 0 Å². The van der Waals surface area contributed by atoms with Gasteiger partial charge in [-0.25, -0.2) is 4.98 Å². The first-order valence-electron chi connectivity index (χ1n) is 7.94. The Morgan fingerprint density at radius 3 is 2.81 bits per heavy atom. The van der Waals surface area contributed by atoms with E-state index in [0.29, 0.717) is 22.8 Å². The Kier molecular flexibility index (Phi) is 5.07. The molecule has 0 aliphatic carbocycles. The first-order valence-corrected chi connectivity index (χ1v) is 7.94. The maximum Gasteiger partial charge on any atom is 0.244 e. The Bertz CT molecular complexity index is 963. The second kappa shape index (κ2) is 7.60. The summed E-state index contributed by atoms with van der Waals surface area (Å²) in [5.74, 6) is 1.07. The molecule has 0 aliphatic rings. The van der Waals surface area contributed by atoms with Gasteiger partial charge in [-0.2, -0.15) is 0 Å². The third kappa shape index (κ3) is 3.77. The molecule has 26 heavy (non-hydrogen) atoms. The van der Waals surface area contributed by atoms with Crippen LogP contribution in [0.2, 0.25) is 0 Å². The number of nitrogens with one attached hydrogen (secondary N) is 1. The zero-order valence-corrected chi connectivity index (χ0v) is 14.5. The van der Waals surface area contributed by atoms with Crippen LogP contribution in [-0.2, 0) is 11.3 Å². The molecule has 2 N–H and O–H groups in total. The first kappa shape index (κ1) is 17.3. The number of carbonyl (C=O) groups is 1. The molecule has 2 heterocycles. The largest absolute Gasteiger partial charge is 0.504 e. The van der Waals surface area contributed by atoms with Crippen LogP contribution in [0.3, 0.4) is 0 Å². The van der Waals surface area contributed by atoms with Crippen molar-refractivity contribution in [3.63, 3.8) is 0 Å². The summed E-state index contributed by atoms with van der Waals surface area (Å²) < 4.78 is 12.1. The van der Waals surface area contributed by atoms with Gasteiger partial charge in [0.1, 0.15) is 0 Å². The fourth-order valence-electron chi connectivity index (χ4n) is 2.50. The van der Waals surface area contributed by atoms with Crippen LogP contribution in [-0.4, -0.2) is 34.6 Å². The number of aromatic hydroxyl groups is 1. The Morgan fingerprint density at radius 1 is 1.27 bits per heavy atom. The van der Waals surface area contributed by atoms with E-state index in [1.807, 2.05) is 6.07 Å². The second-order valence-electron chi connectivity index (χ2n) is 5.52. The minimum absolute atomic E-state index is 0.0958. The molecular formula is C19H19N3O4. The van der Waals surface area contributed by atoms with Gasteiger partial charge in [-0.1, -0.05) is 6.07 Å². The molecule has 0 bridgehead atoms. The summed E-state index contributed by atoms with van der Waals surface area (Å²) in [5, 5.41) is 12.5. The van der Waals surface area contributed by atoms with E-state index in [4.69, 9.17) is 9.47 Å². The van der Waals surface area contributed by atoms with Gasteiger partial charge in [-0.15, -0.1) is 0 Å². The highest BCUT2D eigenvalue weighted by Gasteiger charge is 2.06. The Labute approximate surface area is 150 Å². The standard InChI is InChI=1S/C19H19N3O4/c1-25-16-7-5-13(10-17(16)26-2)6-8-18(24)20-11-14-12-22-9-3-4-15(23)19(22)21-14/h3-10,12,23H,11H2,1-2H3,(H,20,24)/b8-6+. The van der Waals surface area contributed by atoms with E-state index >= 15 is 0 Å². The maximum absolute atomic E-state index is 12.0. The summed E-state index contributed by atoms with van der Waals surface area (Å²) in [5.41, 5.74) is 1.92. The third-order valence-corrected chi connectivity index (χ3v) is 3.79. The molecule has 0 unspecified atom stereocenters. The number of aromatic nitrogens is 2. The van der Waals surface area contributed by atoms with Gasteiger partial charge in [0.15, 0.2) is 22.9 Å². The van der Waals surface area contributed by atoms with Crippen molar-refractivity contribution in [1.29, 1.82) is 0 Å². The van der Waals surface area contributed by atoms with Crippen LogP contribution in [0.25, 0.3) is 11.7 Å². The lowest BCUT2D eigenvalue weighted by atomic mass is 10.2. The molecule has 2 aromatic heterocycles. The predicted octanol–water partition coefficient (Wildman–Crippen LogP) is 2.39. The number of rotatable bonds is 6. The molecule has 0 aliphatic heterocycles. The SMILES string of the molecule is COc1ccc(/C=C/C(=O)NCc2cn3cccc(O)c3n2)cc1OC. The highest BCUT2D eigenvalue weighted by Crippen LogP contribution is 2.27. The zero-order valence-electron chi connectivity index (χ0n) is 14.5. The number of hydrogen-bond acceptors (Lipinski definition) is 5. The van der Waals surface area contributed by atoms with Gasteiger partial charge in [-0.3, -0.25) is 4.79 Å². The molecule has 0 atom stereocenters. The molecule has 7 nitrogen and oxygen atoms in total. The monoisotopic (exact) mass is 353 g/mol. The van der Waals surface area contributed by atoms with Gasteiger partial charge in [-0.05, 0) is 35.9 Å². The van der Waals surface area contributed by atoms with Gasteiger partial charge in [0, 0.05) is 18.5 Å². The Balaban J connectivity index is 1.63. The Morgan fingerprint density at radius 2 is 2.08 bits per heavy atom. The van der Waals surface area contributed by atoms with E-state index in [0.717, 1.165) is 5.56 Å². The molecule has 0 spiro atoms. The average Bonchev–Trinajstić information content (AvgIpc) is 3.09. The fourth-order valence-corrected chi connectivity index (χ4v) is 2.50. The van der Waals surface area contributed by atoms with Crippen molar-refractivity contribution in [2.45, 2.75) is 6.54 Å². The van der Waals surface area contributed by atoms with Crippen molar-refractivity contribution < 1.29 is 19.4 Å². The molecule has 0 saturated carbocycles. The van der Waals surface area contributed by atoms with Gasteiger partial charge in [0.25, 0.3) is 0 Å². The number of amides is 1. The molecule has 1 amide bonds. The maximum atomic E-state index is 12.0. The third-order valence-electron chi connectivity index (χ3n) is 3.79. The van der Waals surface area contributed by atoms with Crippen LogP contribution < -0.4 is 14.8 Å². The first-order chi connectivity index (χ1) is 12.6. The highest BCUT2D eigenvalue weighted by molar-refractivity contribution is 5.91. The van der Waals surface area contributed by atoms with E-state index in [9.17, 15) is 9.90 Å². The lowest BCUT2D eigenvalue weighted by molar-refractivity contribution is -0.116. The van der Waals surface area contributed by atoms with Crippen LogP contribution in [0.4, 0.5) is 0 Å². The molecule has 3 rings (SSSR count). The highest BCUT2D eigenvalue weighted by atomic mass is 16.5. The number of pyridine rings is 1. The van der Waals surface area contributed by atoms with Crippen molar-refractivity contribution in [3.8, 4) is 17.2 Å². The zero-order chi connectivity index (χ0) is 18.5. The van der Waals surface area contributed by atoms with Gasteiger partial charge in [0.05, 0.1) is 26.5 Å². The Hall–Kier alpha value is -3.48. The summed E-state index contributed by atoms with van der Waals surface area (Å²) in [4.78, 5) is 16.3. The van der Waals surface area contributed by atoms with Gasteiger partial charge < -0.3 is 24.3 Å². The molecule has 0 saturated heterocycles. The van der Waals surface area contributed by atoms with E-state index in [1.54, 1.807) is 61.4 Å². The summed E-state index contributed by atoms with van der Waals surface area (Å²) in [6.07, 6.45) is 6.67. The number of methoxy groups -OCH3 is 2. The summed E-state index contributed by atoms with van der Waals surface area (Å²) in [6.45, 7) is 0.260. The summed E-state index contributed by atoms with van der Waals surface area (Å²) >= 11 is 0. The number of benzene rings is 1. The lowest BCUT2D eigenvalue weighted by Gasteiger charge is -2.07. The lowest BCUT2D eigenvalue weighted by Crippen LogP contribution is -2.20. The molecule has 0 fully saturated rings. The van der Waals surface area contributed by atoms with Crippen LogP contribution in [0.1, 0.15) is 11.3 Å². The number of imidazole rings is 1. The fraction of sp³-hybridized carbons (Fsp3) is 0.158. The van der Waals surface area contributed by atoms with Crippen LogP contribution in [0.5, 0.6) is 17.2 Å². The molecule has 0 radical (unpaired) electrons. The predicted molar refractivity (Wildman–Crippen MR) is 97.3 cm³/mol. The van der Waals surface area contributed by atoms with Gasteiger partial charge >= 0.3 is 0 Å².